The molecule has 0 aliphatic heterocycles. The van der Waals surface area contributed by atoms with E-state index >= 15 is 0 Å². The summed E-state index contributed by atoms with van der Waals surface area (Å²) in [6.07, 6.45) is 1.06. The van der Waals surface area contributed by atoms with E-state index in [0.717, 1.165) is 6.42 Å². The maximum Gasteiger partial charge on any atom is 0.00219 e. The molecule has 0 atom stereocenters. The minimum Gasteiger partial charge on any atom is -0.334 e. The minimum absolute atomic E-state index is 0. The zero-order valence-corrected chi connectivity index (χ0v) is 7.49. The average molecular weight is 285 g/mol. The molecule has 0 aromatic rings. The summed E-state index contributed by atoms with van der Waals surface area (Å²) in [4.78, 5) is 20.0. The van der Waals surface area contributed by atoms with E-state index in [1.807, 2.05) is 0 Å². The van der Waals surface area contributed by atoms with Crippen molar-refractivity contribution in [2.24, 2.45) is 0 Å². The van der Waals surface area contributed by atoms with E-state index < -0.39 is 0 Å². The van der Waals surface area contributed by atoms with Crippen LogP contribution in [0.5, 0.6) is 0 Å². The number of Topliss-reactive ketones (excluding diaryl/α,β-unsaturated/α-hetero) is 2. The smallest absolute Gasteiger partial charge is 0.00219 e. The molecule has 0 N–H and O–H groups in total. The third-order valence-electron chi connectivity index (χ3n) is 0.407. The standard InChI is InChI=1S/C5H7O2.Re/c1-4(6)3-5(2)7;/h3H,1-2H3;/q-1;. The molecular weight excluding hydrogens is 278 g/mol. The van der Waals surface area contributed by atoms with E-state index in [9.17, 15) is 9.59 Å². The first-order valence-electron chi connectivity index (χ1n) is 1.99. The molecule has 0 saturated heterocycles. The molecule has 0 rings (SSSR count). The normalized spacial score (nSPS) is 6.75. The van der Waals surface area contributed by atoms with E-state index in [-0.39, 0.29) is 32.0 Å². The second kappa shape index (κ2) is 5.02. The van der Waals surface area contributed by atoms with Gasteiger partial charge in [-0.15, -0.1) is 0 Å². The molecule has 1 radical (unpaired) electrons. The third kappa shape index (κ3) is 9.30. The van der Waals surface area contributed by atoms with Crippen LogP contribution >= 0.6 is 0 Å². The van der Waals surface area contributed by atoms with E-state index in [0.29, 0.717) is 0 Å². The van der Waals surface area contributed by atoms with Gasteiger partial charge in [-0.1, -0.05) is 0 Å². The Labute approximate surface area is 62.3 Å². The van der Waals surface area contributed by atoms with Crippen LogP contribution in [0, 0.1) is 6.42 Å². The second-order valence-electron chi connectivity index (χ2n) is 1.37. The topological polar surface area (TPSA) is 34.1 Å². The van der Waals surface area contributed by atoms with Crippen LogP contribution in [-0.4, -0.2) is 11.6 Å². The molecular formula is C5H7O2Re-. The number of carbonyl (C=O) groups is 2. The summed E-state index contributed by atoms with van der Waals surface area (Å²) in [5.41, 5.74) is 0. The van der Waals surface area contributed by atoms with E-state index in [2.05, 4.69) is 0 Å². The van der Waals surface area contributed by atoms with Gasteiger partial charge in [-0.05, 0) is 13.8 Å². The molecule has 0 aromatic carbocycles. The maximum absolute atomic E-state index is 9.98. The van der Waals surface area contributed by atoms with Crippen molar-refractivity contribution in [1.29, 1.82) is 0 Å². The Bertz CT molecular complexity index is 86.6. The van der Waals surface area contributed by atoms with Crippen molar-refractivity contribution in [2.45, 2.75) is 13.8 Å². The number of hydrogen-bond donors (Lipinski definition) is 0. The van der Waals surface area contributed by atoms with Crippen LogP contribution in [0.4, 0.5) is 0 Å². The van der Waals surface area contributed by atoms with Crippen LogP contribution in [0.3, 0.4) is 0 Å². The molecule has 0 spiro atoms. The molecule has 47 valence electrons. The summed E-state index contributed by atoms with van der Waals surface area (Å²) >= 11 is 0. The Kier molecular flexibility index (Phi) is 6.76. The van der Waals surface area contributed by atoms with Gasteiger partial charge in [-0.2, -0.15) is 0 Å². The van der Waals surface area contributed by atoms with Crippen LogP contribution in [0.2, 0.25) is 0 Å². The fraction of sp³-hybridized carbons (Fsp3) is 0.400. The van der Waals surface area contributed by atoms with Crippen molar-refractivity contribution in [3.8, 4) is 0 Å². The van der Waals surface area contributed by atoms with Gasteiger partial charge in [0.25, 0.3) is 0 Å². The molecule has 0 unspecified atom stereocenters. The van der Waals surface area contributed by atoms with Gasteiger partial charge in [0.1, 0.15) is 0 Å². The Morgan fingerprint density at radius 2 is 1.38 bits per heavy atom. The third-order valence-corrected chi connectivity index (χ3v) is 0.407. The van der Waals surface area contributed by atoms with Crippen molar-refractivity contribution in [1.82, 2.24) is 0 Å². The molecule has 0 saturated carbocycles. The molecule has 0 aromatic heterocycles. The van der Waals surface area contributed by atoms with Gasteiger partial charge >= 0.3 is 0 Å². The Hall–Kier alpha value is -0.128. The number of ketones is 2. The first kappa shape index (κ1) is 10.8. The Balaban J connectivity index is 0. The number of rotatable bonds is 2. The molecule has 8 heavy (non-hydrogen) atoms. The van der Waals surface area contributed by atoms with Gasteiger partial charge in [0.05, 0.1) is 0 Å². The second-order valence-corrected chi connectivity index (χ2v) is 1.37. The van der Waals surface area contributed by atoms with E-state index in [4.69, 9.17) is 0 Å². The van der Waals surface area contributed by atoms with Crippen molar-refractivity contribution >= 4 is 11.6 Å². The van der Waals surface area contributed by atoms with Crippen LogP contribution in [0.15, 0.2) is 0 Å². The Morgan fingerprint density at radius 1 is 1.12 bits per heavy atom. The predicted octanol–water partition coefficient (Wildman–Crippen LogP) is 0.366. The molecule has 0 bridgehead atoms. The minimum atomic E-state index is -0.187. The summed E-state index contributed by atoms with van der Waals surface area (Å²) in [7, 11) is 0. The van der Waals surface area contributed by atoms with Crippen LogP contribution in [0.1, 0.15) is 13.8 Å². The van der Waals surface area contributed by atoms with Crippen molar-refractivity contribution in [2.75, 3.05) is 0 Å². The fourth-order valence-electron chi connectivity index (χ4n) is 0.286. The predicted molar refractivity (Wildman–Crippen MR) is 25.7 cm³/mol. The summed E-state index contributed by atoms with van der Waals surface area (Å²) < 4.78 is 0. The van der Waals surface area contributed by atoms with Gasteiger partial charge in [-0.25, -0.2) is 0 Å². The molecule has 2 nitrogen and oxygen atoms in total. The van der Waals surface area contributed by atoms with Gasteiger partial charge in [0.15, 0.2) is 0 Å². The molecule has 0 aliphatic carbocycles. The first-order chi connectivity index (χ1) is 3.13. The average Bonchev–Trinajstić information content (AvgIpc) is 1.27. The SMILES string of the molecule is CC(=O)[CH-]C(C)=O.[Re]. The van der Waals surface area contributed by atoms with E-state index in [1.54, 1.807) is 0 Å². The fourth-order valence-corrected chi connectivity index (χ4v) is 0.286. The monoisotopic (exact) mass is 286 g/mol. The molecule has 0 aliphatic rings. The summed E-state index contributed by atoms with van der Waals surface area (Å²) in [6, 6.07) is 0. The molecule has 0 heterocycles. The maximum atomic E-state index is 9.98. The van der Waals surface area contributed by atoms with Gasteiger partial charge in [0, 0.05) is 32.0 Å². The van der Waals surface area contributed by atoms with E-state index in [1.165, 1.54) is 13.8 Å². The van der Waals surface area contributed by atoms with Crippen molar-refractivity contribution < 1.29 is 30.0 Å². The van der Waals surface area contributed by atoms with Crippen LogP contribution < -0.4 is 0 Å². The molecule has 0 fully saturated rings. The van der Waals surface area contributed by atoms with Crippen molar-refractivity contribution in [3.63, 3.8) is 0 Å². The van der Waals surface area contributed by atoms with Gasteiger partial charge < -0.3 is 9.59 Å². The zero-order valence-electron chi connectivity index (χ0n) is 4.77. The summed E-state index contributed by atoms with van der Waals surface area (Å²) in [6.45, 7) is 2.70. The van der Waals surface area contributed by atoms with Crippen LogP contribution in [0.25, 0.3) is 0 Å². The first-order valence-corrected chi connectivity index (χ1v) is 1.99. The quantitative estimate of drug-likeness (QED) is 0.542. The van der Waals surface area contributed by atoms with Crippen LogP contribution in [-0.2, 0) is 30.0 Å². The zero-order chi connectivity index (χ0) is 5.86. The number of hydrogen-bond acceptors (Lipinski definition) is 2. The molecule has 3 heteroatoms. The number of carbonyl (C=O) groups excluding carboxylic acids is 2. The van der Waals surface area contributed by atoms with Crippen molar-refractivity contribution in [3.05, 3.63) is 6.42 Å². The summed E-state index contributed by atoms with van der Waals surface area (Å²) in [5.74, 6) is -0.375. The van der Waals surface area contributed by atoms with Gasteiger partial charge in [-0.3, -0.25) is 6.42 Å². The largest absolute Gasteiger partial charge is 0.334 e. The molecule has 0 amide bonds. The van der Waals surface area contributed by atoms with Gasteiger partial charge in [0.2, 0.25) is 0 Å². The summed E-state index contributed by atoms with van der Waals surface area (Å²) in [5, 5.41) is 0. The Morgan fingerprint density at radius 3 is 1.38 bits per heavy atom.